The third kappa shape index (κ3) is 4.06. The van der Waals surface area contributed by atoms with Gasteiger partial charge in [0.25, 0.3) is 5.91 Å². The summed E-state index contributed by atoms with van der Waals surface area (Å²) >= 11 is 0. The number of nitrogens with one attached hydrogen (secondary N) is 1. The lowest BCUT2D eigenvalue weighted by molar-refractivity contribution is -0.123. The van der Waals surface area contributed by atoms with E-state index < -0.39 is 24.8 Å². The number of halogens is 5. The summed E-state index contributed by atoms with van der Waals surface area (Å²) in [6, 6.07) is 5.75. The molecule has 0 aliphatic carbocycles. The zero-order chi connectivity index (χ0) is 13.1. The molecule has 3 N–H and O–H groups in total. The number of nitrogen functional groups attached to an aromatic ring is 1. The molecule has 0 aliphatic rings. The Balaban J connectivity index is 0.00000289. The Morgan fingerprint density at radius 1 is 1.33 bits per heavy atom. The highest BCUT2D eigenvalue weighted by atomic mass is 35.5. The van der Waals surface area contributed by atoms with Crippen molar-refractivity contribution in [3.05, 3.63) is 29.8 Å². The number of hydrogen-bond donors (Lipinski definition) is 2. The summed E-state index contributed by atoms with van der Waals surface area (Å²) in [6.45, 7) is -1.43. The van der Waals surface area contributed by atoms with E-state index in [2.05, 4.69) is 0 Å². The van der Waals surface area contributed by atoms with Crippen LogP contribution in [0.3, 0.4) is 0 Å². The summed E-state index contributed by atoms with van der Waals surface area (Å²) < 4.78 is 48.7. The van der Waals surface area contributed by atoms with Crippen molar-refractivity contribution in [2.75, 3.05) is 12.3 Å². The zero-order valence-electron chi connectivity index (χ0n) is 9.00. The molecule has 1 aromatic rings. The Labute approximate surface area is 107 Å². The minimum atomic E-state index is -4.25. The first-order chi connectivity index (χ1) is 7.84. The quantitative estimate of drug-likeness (QED) is 0.659. The molecule has 18 heavy (non-hydrogen) atoms. The number of carbonyl (C=O) groups is 1. The molecule has 0 heterocycles. The largest absolute Gasteiger partial charge is 0.398 e. The fourth-order valence-electron chi connectivity index (χ4n) is 1.07. The van der Waals surface area contributed by atoms with Crippen molar-refractivity contribution in [3.63, 3.8) is 0 Å². The monoisotopic (exact) mass is 286 g/mol. The van der Waals surface area contributed by atoms with Gasteiger partial charge in [-0.25, -0.2) is 8.78 Å². The minimum Gasteiger partial charge on any atom is -0.398 e. The van der Waals surface area contributed by atoms with Gasteiger partial charge in [-0.15, -0.1) is 12.4 Å². The average Bonchev–Trinajstić information content (AvgIpc) is 2.26. The summed E-state index contributed by atoms with van der Waals surface area (Å²) in [5, 5.41) is 1.71. The van der Waals surface area contributed by atoms with Gasteiger partial charge in [0, 0.05) is 5.69 Å². The van der Waals surface area contributed by atoms with Crippen LogP contribution in [0.25, 0.3) is 0 Å². The van der Waals surface area contributed by atoms with Gasteiger partial charge < -0.3 is 11.1 Å². The number of hydrogen-bond acceptors (Lipinski definition) is 2. The van der Waals surface area contributed by atoms with Crippen LogP contribution >= 0.6 is 12.4 Å². The third-order valence-electron chi connectivity index (χ3n) is 2.01. The third-order valence-corrected chi connectivity index (χ3v) is 2.01. The molecule has 0 saturated carbocycles. The van der Waals surface area contributed by atoms with E-state index in [-0.39, 0.29) is 23.7 Å². The van der Waals surface area contributed by atoms with Crippen LogP contribution in [0.2, 0.25) is 0 Å². The second-order valence-electron chi connectivity index (χ2n) is 3.33. The van der Waals surface area contributed by atoms with Crippen LogP contribution in [0.4, 0.5) is 23.2 Å². The lowest BCUT2D eigenvalue weighted by atomic mass is 10.1. The summed E-state index contributed by atoms with van der Waals surface area (Å²) in [5.41, 5.74) is 5.48. The van der Waals surface area contributed by atoms with Gasteiger partial charge in [0.1, 0.15) is 0 Å². The van der Waals surface area contributed by atoms with E-state index in [4.69, 9.17) is 5.73 Å². The topological polar surface area (TPSA) is 55.1 Å². The standard InChI is InChI=1S/C10H10F4N2O.ClH/c11-9(12)10(13,14)5-16-8(17)6-3-1-2-4-7(6)15;/h1-4,9H,5,15H2,(H,16,17);1H. The summed E-state index contributed by atoms with van der Waals surface area (Å²) in [5.74, 6) is -5.16. The molecule has 0 saturated heterocycles. The Kier molecular flexibility index (Phi) is 5.90. The van der Waals surface area contributed by atoms with Crippen molar-refractivity contribution < 1.29 is 22.4 Å². The maximum Gasteiger partial charge on any atom is 0.324 e. The predicted molar refractivity (Wildman–Crippen MR) is 61.4 cm³/mol. The SMILES string of the molecule is Cl.Nc1ccccc1C(=O)NCC(F)(F)C(F)F. The van der Waals surface area contributed by atoms with E-state index in [1.54, 1.807) is 11.4 Å². The Morgan fingerprint density at radius 3 is 2.39 bits per heavy atom. The van der Waals surface area contributed by atoms with E-state index in [0.717, 1.165) is 0 Å². The number of alkyl halides is 4. The number of benzene rings is 1. The van der Waals surface area contributed by atoms with Crippen LogP contribution in [0.5, 0.6) is 0 Å². The lowest BCUT2D eigenvalue weighted by Gasteiger charge is -2.16. The van der Waals surface area contributed by atoms with Crippen molar-refractivity contribution in [1.29, 1.82) is 0 Å². The normalized spacial score (nSPS) is 10.9. The molecule has 102 valence electrons. The molecule has 1 amide bonds. The van der Waals surface area contributed by atoms with Gasteiger partial charge >= 0.3 is 12.3 Å². The number of anilines is 1. The number of carbonyl (C=O) groups excluding carboxylic acids is 1. The van der Waals surface area contributed by atoms with Crippen LogP contribution in [-0.2, 0) is 0 Å². The van der Waals surface area contributed by atoms with Gasteiger partial charge in [0.2, 0.25) is 0 Å². The smallest absolute Gasteiger partial charge is 0.324 e. The maximum atomic E-state index is 12.5. The molecular formula is C10H11ClF4N2O. The van der Waals surface area contributed by atoms with Gasteiger partial charge in [0.15, 0.2) is 0 Å². The van der Waals surface area contributed by atoms with Crippen LogP contribution in [0, 0.1) is 0 Å². The number of para-hydroxylation sites is 1. The van der Waals surface area contributed by atoms with Gasteiger partial charge in [-0.1, -0.05) is 12.1 Å². The van der Waals surface area contributed by atoms with Gasteiger partial charge in [-0.2, -0.15) is 8.78 Å². The van der Waals surface area contributed by atoms with E-state index in [1.165, 1.54) is 18.2 Å². The van der Waals surface area contributed by atoms with E-state index in [1.807, 2.05) is 0 Å². The molecule has 0 unspecified atom stereocenters. The highest BCUT2D eigenvalue weighted by molar-refractivity contribution is 5.99. The summed E-state index contributed by atoms with van der Waals surface area (Å²) in [6.07, 6.45) is -3.82. The average molecular weight is 287 g/mol. The minimum absolute atomic E-state index is 0. The Hall–Kier alpha value is -1.50. The van der Waals surface area contributed by atoms with Crippen LogP contribution in [-0.4, -0.2) is 24.8 Å². The molecule has 0 spiro atoms. The molecule has 0 bridgehead atoms. The number of nitrogens with two attached hydrogens (primary N) is 1. The molecule has 0 radical (unpaired) electrons. The zero-order valence-corrected chi connectivity index (χ0v) is 9.82. The highest BCUT2D eigenvalue weighted by Gasteiger charge is 2.40. The van der Waals surface area contributed by atoms with Crippen LogP contribution in [0.1, 0.15) is 10.4 Å². The van der Waals surface area contributed by atoms with E-state index >= 15 is 0 Å². The van der Waals surface area contributed by atoms with Gasteiger partial charge in [-0.05, 0) is 12.1 Å². The molecule has 1 aromatic carbocycles. The summed E-state index contributed by atoms with van der Waals surface area (Å²) in [7, 11) is 0. The number of rotatable bonds is 4. The van der Waals surface area contributed by atoms with E-state index in [9.17, 15) is 22.4 Å². The van der Waals surface area contributed by atoms with Crippen LogP contribution < -0.4 is 11.1 Å². The fraction of sp³-hybridized carbons (Fsp3) is 0.300. The van der Waals surface area contributed by atoms with Gasteiger partial charge in [0.05, 0.1) is 12.1 Å². The molecule has 0 atom stereocenters. The van der Waals surface area contributed by atoms with Gasteiger partial charge in [-0.3, -0.25) is 4.79 Å². The predicted octanol–water partition coefficient (Wildman–Crippen LogP) is 2.32. The lowest BCUT2D eigenvalue weighted by Crippen LogP contribution is -2.41. The Morgan fingerprint density at radius 2 is 1.89 bits per heavy atom. The molecule has 0 aliphatic heterocycles. The first kappa shape index (κ1) is 16.5. The molecule has 0 aromatic heterocycles. The van der Waals surface area contributed by atoms with Crippen molar-refractivity contribution in [3.8, 4) is 0 Å². The maximum absolute atomic E-state index is 12.5. The molecule has 0 fully saturated rings. The first-order valence-corrected chi connectivity index (χ1v) is 4.63. The Bertz CT molecular complexity index is 415. The van der Waals surface area contributed by atoms with Crippen molar-refractivity contribution in [1.82, 2.24) is 5.32 Å². The number of amides is 1. The first-order valence-electron chi connectivity index (χ1n) is 4.63. The molecule has 1 rings (SSSR count). The molecule has 8 heteroatoms. The van der Waals surface area contributed by atoms with Crippen molar-refractivity contribution in [2.24, 2.45) is 0 Å². The van der Waals surface area contributed by atoms with Crippen LogP contribution in [0.15, 0.2) is 24.3 Å². The fourth-order valence-corrected chi connectivity index (χ4v) is 1.07. The molecule has 3 nitrogen and oxygen atoms in total. The molecular weight excluding hydrogens is 276 g/mol. The summed E-state index contributed by atoms with van der Waals surface area (Å²) in [4.78, 5) is 11.4. The van der Waals surface area contributed by atoms with Crippen molar-refractivity contribution in [2.45, 2.75) is 12.3 Å². The van der Waals surface area contributed by atoms with E-state index in [0.29, 0.717) is 0 Å². The van der Waals surface area contributed by atoms with Crippen molar-refractivity contribution >= 4 is 24.0 Å². The highest BCUT2D eigenvalue weighted by Crippen LogP contribution is 2.21. The second kappa shape index (κ2) is 6.44. The second-order valence-corrected chi connectivity index (χ2v) is 3.33.